The number of phenolic OH excluding ortho intramolecular Hbond substituents is 1. The number of terminal acetylenes is 1. The number of alkyl halides is 1. The van der Waals surface area contributed by atoms with Crippen molar-refractivity contribution in [1.82, 2.24) is 19.9 Å². The molecule has 4 aromatic rings. The number of aromatic hydroxyl groups is 1. The van der Waals surface area contributed by atoms with Crippen molar-refractivity contribution in [1.29, 1.82) is 0 Å². The Hall–Kier alpha value is -4.14. The second-order valence-corrected chi connectivity index (χ2v) is 13.0. The molecule has 6 heterocycles. The lowest BCUT2D eigenvalue weighted by Crippen LogP contribution is -2.51. The largest absolute Gasteiger partial charge is 0.508 e. The Bertz CT molecular complexity index is 1880. The van der Waals surface area contributed by atoms with Crippen LogP contribution in [0.5, 0.6) is 11.8 Å². The number of fused-ring (bicyclic) bond motifs is 3. The number of ether oxygens (including phenoxy) is 2. The Morgan fingerprint density at radius 2 is 1.93 bits per heavy atom. The van der Waals surface area contributed by atoms with Gasteiger partial charge in [-0.15, -0.1) is 6.42 Å². The normalized spacial score (nSPS) is 24.2. The van der Waals surface area contributed by atoms with Crippen LogP contribution < -0.4 is 9.64 Å². The summed E-state index contributed by atoms with van der Waals surface area (Å²) in [4.78, 5) is 18.0. The number of anilines is 1. The van der Waals surface area contributed by atoms with Gasteiger partial charge in [0.2, 0.25) is 0 Å². The molecular weight excluding hydrogens is 583 g/mol. The summed E-state index contributed by atoms with van der Waals surface area (Å²) in [5.41, 5.74) is -0.324. The Kier molecular flexibility index (Phi) is 6.59. The van der Waals surface area contributed by atoms with Crippen LogP contribution in [0, 0.1) is 29.4 Å². The molecule has 2 aromatic heterocycles. The van der Waals surface area contributed by atoms with Crippen molar-refractivity contribution in [2.75, 3.05) is 50.9 Å². The average molecular weight is 616 g/mol. The van der Waals surface area contributed by atoms with E-state index >= 15 is 4.39 Å². The van der Waals surface area contributed by atoms with Gasteiger partial charge in [-0.25, -0.2) is 13.2 Å². The van der Waals surface area contributed by atoms with Crippen molar-refractivity contribution in [3.05, 3.63) is 47.7 Å². The van der Waals surface area contributed by atoms with Gasteiger partial charge in [0.1, 0.15) is 41.4 Å². The second kappa shape index (κ2) is 10.5. The molecular formula is C34H32F3N5O3. The minimum Gasteiger partial charge on any atom is -0.508 e. The number of halogens is 3. The van der Waals surface area contributed by atoms with Crippen LogP contribution in [0.3, 0.4) is 0 Å². The highest BCUT2D eigenvalue weighted by Gasteiger charge is 2.49. The SMILES string of the molecule is C#Cc1c(F)ccc2cc(O)cc(-c3ncc4c(N5CCC6(CC5)COC6)nc(OC[C@@]56CCCN5C[C@H](F)C6)nc4c3F)c12. The highest BCUT2D eigenvalue weighted by Crippen LogP contribution is 2.43. The quantitative estimate of drug-likeness (QED) is 0.300. The van der Waals surface area contributed by atoms with Crippen LogP contribution in [0.25, 0.3) is 32.9 Å². The molecule has 2 aromatic carbocycles. The van der Waals surface area contributed by atoms with E-state index in [0.29, 0.717) is 42.6 Å². The van der Waals surface area contributed by atoms with E-state index < -0.39 is 23.3 Å². The zero-order chi connectivity index (χ0) is 30.9. The first-order chi connectivity index (χ1) is 21.8. The average Bonchev–Trinajstić information content (AvgIpc) is 3.55. The van der Waals surface area contributed by atoms with E-state index in [1.54, 1.807) is 0 Å². The second-order valence-electron chi connectivity index (χ2n) is 13.0. The molecule has 45 heavy (non-hydrogen) atoms. The third-order valence-corrected chi connectivity index (χ3v) is 10.3. The number of piperidine rings is 1. The third-order valence-electron chi connectivity index (χ3n) is 10.3. The number of phenols is 1. The van der Waals surface area contributed by atoms with Gasteiger partial charge in [-0.05, 0) is 55.8 Å². The molecule has 8 nitrogen and oxygen atoms in total. The van der Waals surface area contributed by atoms with Crippen molar-refractivity contribution in [2.45, 2.75) is 43.8 Å². The summed E-state index contributed by atoms with van der Waals surface area (Å²) in [6, 6.07) is 5.46. The van der Waals surface area contributed by atoms with Crippen molar-refractivity contribution < 1.29 is 27.8 Å². The van der Waals surface area contributed by atoms with Gasteiger partial charge in [0.25, 0.3) is 0 Å². The number of hydrogen-bond donors (Lipinski definition) is 1. The van der Waals surface area contributed by atoms with E-state index in [2.05, 4.69) is 25.7 Å². The van der Waals surface area contributed by atoms with Crippen LogP contribution in [0.15, 0.2) is 30.5 Å². The number of pyridine rings is 1. The monoisotopic (exact) mass is 615 g/mol. The van der Waals surface area contributed by atoms with Crippen LogP contribution in [-0.2, 0) is 4.74 Å². The highest BCUT2D eigenvalue weighted by atomic mass is 19.1. The van der Waals surface area contributed by atoms with E-state index in [9.17, 15) is 13.9 Å². The predicted octanol–water partition coefficient (Wildman–Crippen LogP) is 5.38. The lowest BCUT2D eigenvalue weighted by atomic mass is 9.77. The minimum atomic E-state index is -0.918. The lowest BCUT2D eigenvalue weighted by molar-refractivity contribution is -0.124. The van der Waals surface area contributed by atoms with E-state index in [4.69, 9.17) is 20.9 Å². The van der Waals surface area contributed by atoms with Crippen molar-refractivity contribution in [2.24, 2.45) is 5.41 Å². The van der Waals surface area contributed by atoms with E-state index in [1.165, 1.54) is 30.5 Å². The fraction of sp³-hybridized carbons (Fsp3) is 0.441. The molecule has 0 saturated carbocycles. The van der Waals surface area contributed by atoms with Crippen LogP contribution in [0.2, 0.25) is 0 Å². The summed E-state index contributed by atoms with van der Waals surface area (Å²) in [5, 5.41) is 11.6. The van der Waals surface area contributed by atoms with Gasteiger partial charge >= 0.3 is 6.01 Å². The van der Waals surface area contributed by atoms with Gasteiger partial charge in [0.05, 0.1) is 29.7 Å². The predicted molar refractivity (Wildman–Crippen MR) is 163 cm³/mol. The van der Waals surface area contributed by atoms with Gasteiger partial charge in [0.15, 0.2) is 5.82 Å². The highest BCUT2D eigenvalue weighted by molar-refractivity contribution is 6.03. The molecule has 11 heteroatoms. The summed E-state index contributed by atoms with van der Waals surface area (Å²) in [5.74, 6) is 1.32. The van der Waals surface area contributed by atoms with Gasteiger partial charge in [-0.3, -0.25) is 9.88 Å². The minimum absolute atomic E-state index is 0.000438. The zero-order valence-electron chi connectivity index (χ0n) is 24.7. The van der Waals surface area contributed by atoms with Crippen LogP contribution in [0.1, 0.15) is 37.7 Å². The fourth-order valence-electron chi connectivity index (χ4n) is 7.79. The Morgan fingerprint density at radius 3 is 2.69 bits per heavy atom. The molecule has 232 valence electrons. The van der Waals surface area contributed by atoms with Crippen LogP contribution in [-0.4, -0.2) is 82.7 Å². The van der Waals surface area contributed by atoms with E-state index in [-0.39, 0.29) is 51.5 Å². The molecule has 0 bridgehead atoms. The number of rotatable bonds is 5. The van der Waals surface area contributed by atoms with Crippen molar-refractivity contribution in [3.8, 4) is 35.4 Å². The first kappa shape index (κ1) is 28.3. The Morgan fingerprint density at radius 1 is 1.11 bits per heavy atom. The van der Waals surface area contributed by atoms with Gasteiger partial charge < -0.3 is 19.5 Å². The van der Waals surface area contributed by atoms with Crippen LogP contribution in [0.4, 0.5) is 19.0 Å². The third kappa shape index (κ3) is 4.57. The Labute approximate surface area is 258 Å². The summed E-state index contributed by atoms with van der Waals surface area (Å²) < 4.78 is 57.7. The maximum Gasteiger partial charge on any atom is 0.319 e. The maximum atomic E-state index is 16.7. The topological polar surface area (TPSA) is 83.8 Å². The summed E-state index contributed by atoms with van der Waals surface area (Å²) >= 11 is 0. The number of benzene rings is 2. The summed E-state index contributed by atoms with van der Waals surface area (Å²) in [7, 11) is 0. The Balaban J connectivity index is 1.25. The van der Waals surface area contributed by atoms with Crippen LogP contribution >= 0.6 is 0 Å². The van der Waals surface area contributed by atoms with Crippen molar-refractivity contribution in [3.63, 3.8) is 0 Å². The molecule has 2 atom stereocenters. The standard InChI is InChI=1S/C34H32F3N5O3/c1-2-23-26(36)5-4-20-12-22(43)13-24(27(20)23)29-28(37)30-25(15-38-29)31(41-10-7-33(8-11-41)17-44-18-33)40-32(39-30)45-19-34-6-3-9-42(34)16-21(35)14-34/h1,4-5,12-13,15,21,43H,3,6-11,14,16-19H2/t21-,34+/m1/s1. The number of hydrogen-bond acceptors (Lipinski definition) is 8. The molecule has 8 rings (SSSR count). The van der Waals surface area contributed by atoms with Gasteiger partial charge in [-0.2, -0.15) is 9.97 Å². The van der Waals surface area contributed by atoms with E-state index in [0.717, 1.165) is 45.4 Å². The molecule has 0 unspecified atom stereocenters. The van der Waals surface area contributed by atoms with Gasteiger partial charge in [-0.1, -0.05) is 12.0 Å². The molecule has 0 amide bonds. The molecule has 4 aliphatic rings. The fourth-order valence-corrected chi connectivity index (χ4v) is 7.79. The first-order valence-corrected chi connectivity index (χ1v) is 15.4. The molecule has 4 saturated heterocycles. The first-order valence-electron chi connectivity index (χ1n) is 15.4. The van der Waals surface area contributed by atoms with Gasteiger partial charge in [0, 0.05) is 48.6 Å². The smallest absolute Gasteiger partial charge is 0.319 e. The molecule has 1 spiro atoms. The molecule has 4 aliphatic heterocycles. The summed E-state index contributed by atoms with van der Waals surface area (Å²) in [6.45, 7) is 4.27. The lowest BCUT2D eigenvalue weighted by Gasteiger charge is -2.47. The molecule has 0 aliphatic carbocycles. The molecule has 1 N–H and O–H groups in total. The zero-order valence-corrected chi connectivity index (χ0v) is 24.7. The molecule has 4 fully saturated rings. The van der Waals surface area contributed by atoms with Crippen molar-refractivity contribution >= 4 is 27.5 Å². The molecule has 0 radical (unpaired) electrons. The maximum absolute atomic E-state index is 16.7. The number of nitrogens with zero attached hydrogens (tertiary/aromatic N) is 5. The number of aromatic nitrogens is 3. The van der Waals surface area contributed by atoms with E-state index in [1.807, 2.05) is 0 Å². The summed E-state index contributed by atoms with van der Waals surface area (Å²) in [6.07, 6.45) is 10.2.